The molecule has 1 heterocycles. The van der Waals surface area contributed by atoms with Gasteiger partial charge in [-0.25, -0.2) is 0 Å². The van der Waals surface area contributed by atoms with Crippen molar-refractivity contribution in [2.75, 3.05) is 17.7 Å². The molecule has 0 aliphatic carbocycles. The normalized spacial score (nSPS) is 11.8. The second-order valence-corrected chi connectivity index (χ2v) is 8.32. The van der Waals surface area contributed by atoms with E-state index in [0.717, 1.165) is 11.4 Å². The molecular weight excluding hydrogens is 414 g/mol. The monoisotopic (exact) mass is 439 g/mol. The fourth-order valence-electron chi connectivity index (χ4n) is 2.91. The summed E-state index contributed by atoms with van der Waals surface area (Å²) >= 11 is 1.34. The third-order valence-electron chi connectivity index (χ3n) is 4.42. The number of hydrogen-bond acceptors (Lipinski definition) is 6. The molecule has 9 heteroatoms. The lowest BCUT2D eigenvalue weighted by Crippen LogP contribution is -2.30. The summed E-state index contributed by atoms with van der Waals surface area (Å²) in [4.78, 5) is 24.4. The number of benzene rings is 2. The van der Waals surface area contributed by atoms with E-state index in [9.17, 15) is 9.59 Å². The van der Waals surface area contributed by atoms with Gasteiger partial charge in [0, 0.05) is 18.3 Å². The van der Waals surface area contributed by atoms with Crippen LogP contribution < -0.4 is 15.4 Å². The van der Waals surface area contributed by atoms with Gasteiger partial charge < -0.3 is 15.4 Å². The molecule has 0 spiro atoms. The number of ether oxygens (including phenoxy) is 1. The van der Waals surface area contributed by atoms with E-state index in [1.54, 1.807) is 48.3 Å². The van der Waals surface area contributed by atoms with Crippen molar-refractivity contribution in [1.82, 2.24) is 14.8 Å². The van der Waals surface area contributed by atoms with Gasteiger partial charge in [0.15, 0.2) is 5.16 Å². The van der Waals surface area contributed by atoms with Crippen LogP contribution in [-0.4, -0.2) is 38.9 Å². The highest BCUT2D eigenvalue weighted by molar-refractivity contribution is 8.00. The summed E-state index contributed by atoms with van der Waals surface area (Å²) in [5, 5.41) is 14.2. The van der Waals surface area contributed by atoms with Crippen LogP contribution in [0.5, 0.6) is 5.75 Å². The van der Waals surface area contributed by atoms with Crippen LogP contribution in [-0.2, 0) is 9.59 Å². The van der Waals surface area contributed by atoms with Gasteiger partial charge in [-0.15, -0.1) is 10.2 Å². The quantitative estimate of drug-likeness (QED) is 0.515. The van der Waals surface area contributed by atoms with Crippen molar-refractivity contribution in [3.8, 4) is 11.4 Å². The Labute approximate surface area is 185 Å². The van der Waals surface area contributed by atoms with Crippen LogP contribution in [0.4, 0.5) is 11.4 Å². The van der Waals surface area contributed by atoms with Gasteiger partial charge >= 0.3 is 0 Å². The topological polar surface area (TPSA) is 98.1 Å². The van der Waals surface area contributed by atoms with Gasteiger partial charge in [-0.05, 0) is 48.4 Å². The molecule has 1 unspecified atom stereocenters. The first kappa shape index (κ1) is 22.4. The second-order valence-electron chi connectivity index (χ2n) is 7.22. The van der Waals surface area contributed by atoms with Crippen LogP contribution in [0, 0.1) is 5.92 Å². The van der Waals surface area contributed by atoms with E-state index in [0.29, 0.717) is 16.5 Å². The fourth-order valence-corrected chi connectivity index (χ4v) is 3.94. The standard InChI is InChI=1S/C22H25N5O3S/c1-14(2)20(21(29)25-16-8-10-19(30-4)11-9-16)31-22-26-23-13-27(22)18-7-5-6-17(12-18)24-15(3)28/h5-14,20H,1-4H3,(H,24,28)(H,25,29). The van der Waals surface area contributed by atoms with Crippen molar-refractivity contribution in [1.29, 1.82) is 0 Å². The average Bonchev–Trinajstić information content (AvgIpc) is 3.20. The van der Waals surface area contributed by atoms with Crippen molar-refractivity contribution in [2.24, 2.45) is 5.92 Å². The number of nitrogens with zero attached hydrogens (tertiary/aromatic N) is 3. The van der Waals surface area contributed by atoms with E-state index in [1.165, 1.54) is 18.7 Å². The van der Waals surface area contributed by atoms with E-state index >= 15 is 0 Å². The lowest BCUT2D eigenvalue weighted by atomic mass is 10.1. The highest BCUT2D eigenvalue weighted by Crippen LogP contribution is 2.30. The van der Waals surface area contributed by atoms with Crippen LogP contribution in [0.3, 0.4) is 0 Å². The smallest absolute Gasteiger partial charge is 0.238 e. The first-order chi connectivity index (χ1) is 14.9. The van der Waals surface area contributed by atoms with Gasteiger partial charge in [0.05, 0.1) is 18.0 Å². The summed E-state index contributed by atoms with van der Waals surface area (Å²) in [5.74, 6) is 0.513. The van der Waals surface area contributed by atoms with Crippen LogP contribution >= 0.6 is 11.8 Å². The molecule has 0 aliphatic heterocycles. The second kappa shape index (κ2) is 10.1. The van der Waals surface area contributed by atoms with Crippen LogP contribution in [0.1, 0.15) is 20.8 Å². The van der Waals surface area contributed by atoms with Gasteiger partial charge in [0.25, 0.3) is 0 Å². The first-order valence-corrected chi connectivity index (χ1v) is 10.6. The van der Waals surface area contributed by atoms with Gasteiger partial charge in [-0.1, -0.05) is 31.7 Å². The number of thioether (sulfide) groups is 1. The zero-order valence-corrected chi connectivity index (χ0v) is 18.6. The predicted octanol–water partition coefficient (Wildman–Crippen LogP) is 3.99. The van der Waals surface area contributed by atoms with E-state index in [2.05, 4.69) is 20.8 Å². The molecule has 1 atom stereocenters. The number of nitrogens with one attached hydrogen (secondary N) is 2. The third-order valence-corrected chi connectivity index (χ3v) is 5.92. The summed E-state index contributed by atoms with van der Waals surface area (Å²) < 4.78 is 6.95. The van der Waals surface area contributed by atoms with Crippen LogP contribution in [0.15, 0.2) is 60.0 Å². The molecule has 3 rings (SSSR count). The van der Waals surface area contributed by atoms with E-state index < -0.39 is 0 Å². The maximum Gasteiger partial charge on any atom is 0.238 e. The molecule has 1 aromatic heterocycles. The van der Waals surface area contributed by atoms with E-state index in [4.69, 9.17) is 4.74 Å². The van der Waals surface area contributed by atoms with Crippen molar-refractivity contribution < 1.29 is 14.3 Å². The number of amides is 2. The summed E-state index contributed by atoms with van der Waals surface area (Å²) in [7, 11) is 1.60. The van der Waals surface area contributed by atoms with Crippen molar-refractivity contribution >= 4 is 35.0 Å². The minimum atomic E-state index is -0.386. The number of methoxy groups -OCH3 is 1. The molecule has 2 N–H and O–H groups in total. The van der Waals surface area contributed by atoms with Gasteiger partial charge in [0.1, 0.15) is 12.1 Å². The highest BCUT2D eigenvalue weighted by Gasteiger charge is 2.26. The van der Waals surface area contributed by atoms with Crippen LogP contribution in [0.2, 0.25) is 0 Å². The van der Waals surface area contributed by atoms with Gasteiger partial charge in [-0.3, -0.25) is 14.2 Å². The van der Waals surface area contributed by atoms with E-state index in [1.807, 2.05) is 32.0 Å². The zero-order valence-electron chi connectivity index (χ0n) is 17.8. The number of aromatic nitrogens is 3. The third kappa shape index (κ3) is 5.85. The molecular formula is C22H25N5O3S. The zero-order chi connectivity index (χ0) is 22.4. The summed E-state index contributed by atoms with van der Waals surface area (Å²) in [6.07, 6.45) is 1.59. The number of hydrogen-bond donors (Lipinski definition) is 2. The largest absolute Gasteiger partial charge is 0.497 e. The lowest BCUT2D eigenvalue weighted by molar-refractivity contribution is -0.116. The average molecular weight is 440 g/mol. The van der Waals surface area contributed by atoms with Crippen molar-refractivity contribution in [2.45, 2.75) is 31.2 Å². The van der Waals surface area contributed by atoms with Gasteiger partial charge in [-0.2, -0.15) is 0 Å². The lowest BCUT2D eigenvalue weighted by Gasteiger charge is -2.20. The SMILES string of the molecule is COc1ccc(NC(=O)C(Sc2nncn2-c2cccc(NC(C)=O)c2)C(C)C)cc1. The molecule has 0 radical (unpaired) electrons. The number of carbonyl (C=O) groups is 2. The Kier molecular flexibility index (Phi) is 7.30. The number of anilines is 2. The Morgan fingerprint density at radius 1 is 1.06 bits per heavy atom. The summed E-state index contributed by atoms with van der Waals surface area (Å²) in [6, 6.07) is 14.6. The maximum atomic E-state index is 13.0. The molecule has 2 amide bonds. The molecule has 0 aliphatic rings. The first-order valence-electron chi connectivity index (χ1n) is 9.77. The molecule has 0 fully saturated rings. The number of carbonyl (C=O) groups excluding carboxylic acids is 2. The Morgan fingerprint density at radius 2 is 1.81 bits per heavy atom. The molecule has 31 heavy (non-hydrogen) atoms. The molecule has 2 aromatic carbocycles. The number of rotatable bonds is 8. The fraction of sp³-hybridized carbons (Fsp3) is 0.273. The maximum absolute atomic E-state index is 13.0. The summed E-state index contributed by atoms with van der Waals surface area (Å²) in [5.41, 5.74) is 2.16. The Balaban J connectivity index is 1.79. The Hall–Kier alpha value is -3.33. The van der Waals surface area contributed by atoms with Gasteiger partial charge in [0.2, 0.25) is 11.8 Å². The van der Waals surface area contributed by atoms with E-state index in [-0.39, 0.29) is 23.0 Å². The van der Waals surface area contributed by atoms with Crippen molar-refractivity contribution in [3.05, 3.63) is 54.9 Å². The molecule has 0 saturated carbocycles. The minimum Gasteiger partial charge on any atom is -0.497 e. The molecule has 8 nitrogen and oxygen atoms in total. The Morgan fingerprint density at radius 3 is 2.45 bits per heavy atom. The Bertz CT molecular complexity index is 1050. The molecule has 3 aromatic rings. The predicted molar refractivity (Wildman–Crippen MR) is 122 cm³/mol. The molecule has 0 saturated heterocycles. The molecule has 0 bridgehead atoms. The highest BCUT2D eigenvalue weighted by atomic mass is 32.2. The van der Waals surface area contributed by atoms with Crippen molar-refractivity contribution in [3.63, 3.8) is 0 Å². The molecule has 162 valence electrons. The summed E-state index contributed by atoms with van der Waals surface area (Å²) in [6.45, 7) is 5.44. The van der Waals surface area contributed by atoms with Crippen LogP contribution in [0.25, 0.3) is 5.69 Å². The minimum absolute atomic E-state index is 0.0547.